The van der Waals surface area contributed by atoms with Crippen molar-refractivity contribution in [3.05, 3.63) is 16.3 Å². The van der Waals surface area contributed by atoms with Gasteiger partial charge in [0.1, 0.15) is 15.7 Å². The van der Waals surface area contributed by atoms with Crippen LogP contribution < -0.4 is 0 Å². The van der Waals surface area contributed by atoms with E-state index in [0.717, 1.165) is 53.8 Å². The lowest BCUT2D eigenvalue weighted by Crippen LogP contribution is -2.42. The van der Waals surface area contributed by atoms with Gasteiger partial charge in [0.15, 0.2) is 0 Å². The summed E-state index contributed by atoms with van der Waals surface area (Å²) in [5, 5.41) is 2.24. The lowest BCUT2D eigenvalue weighted by Gasteiger charge is -2.33. The van der Waals surface area contributed by atoms with Crippen molar-refractivity contribution in [3.63, 3.8) is 0 Å². The molecular weight excluding hydrogens is 362 g/mol. The van der Waals surface area contributed by atoms with Gasteiger partial charge >= 0.3 is 0 Å². The number of carbonyl (C=O) groups excluding carboxylic acids is 1. The minimum absolute atomic E-state index is 0.254. The Kier molecular flexibility index (Phi) is 5.24. The highest BCUT2D eigenvalue weighted by molar-refractivity contribution is 8.00. The molecule has 0 radical (unpaired) electrons. The molecule has 0 N–H and O–H groups in total. The Balaban J connectivity index is 1.59. The highest BCUT2D eigenvalue weighted by Gasteiger charge is 2.26. The van der Waals surface area contributed by atoms with Gasteiger partial charge in [-0.25, -0.2) is 9.97 Å². The molecule has 2 aromatic heterocycles. The van der Waals surface area contributed by atoms with Crippen molar-refractivity contribution in [2.24, 2.45) is 5.92 Å². The Morgan fingerprint density at radius 1 is 1.27 bits per heavy atom. The number of fused-ring (bicyclic) bond motifs is 3. The maximum absolute atomic E-state index is 12.7. The second-order valence-electron chi connectivity index (χ2n) is 7.83. The standard InChI is InChI=1S/C20H27N3OS2/c1-12-7-8-15-16(10-12)26-20-18(15)19(21-14(3)22-20)25-11-17(24)23-9-5-4-6-13(23)2/h12-13H,4-11H2,1-3H3/t12-,13+/m0/s1. The molecule has 0 spiro atoms. The van der Waals surface area contributed by atoms with Crippen molar-refractivity contribution in [3.8, 4) is 0 Å². The molecule has 0 saturated carbocycles. The van der Waals surface area contributed by atoms with E-state index in [2.05, 4.69) is 18.7 Å². The van der Waals surface area contributed by atoms with Crippen molar-refractivity contribution < 1.29 is 4.79 Å². The summed E-state index contributed by atoms with van der Waals surface area (Å²) < 4.78 is 0. The van der Waals surface area contributed by atoms with Gasteiger partial charge in [-0.3, -0.25) is 4.79 Å². The first kappa shape index (κ1) is 18.2. The minimum Gasteiger partial charge on any atom is -0.339 e. The number of likely N-dealkylation sites (tertiary alicyclic amines) is 1. The van der Waals surface area contributed by atoms with Crippen LogP contribution in [0.5, 0.6) is 0 Å². The number of hydrogen-bond donors (Lipinski definition) is 0. The van der Waals surface area contributed by atoms with E-state index in [9.17, 15) is 4.79 Å². The van der Waals surface area contributed by atoms with Gasteiger partial charge < -0.3 is 4.90 Å². The smallest absolute Gasteiger partial charge is 0.233 e. The zero-order valence-electron chi connectivity index (χ0n) is 15.9. The van der Waals surface area contributed by atoms with E-state index in [-0.39, 0.29) is 5.91 Å². The average molecular weight is 390 g/mol. The van der Waals surface area contributed by atoms with E-state index in [1.54, 1.807) is 11.8 Å². The van der Waals surface area contributed by atoms with Gasteiger partial charge in [-0.1, -0.05) is 18.7 Å². The third-order valence-corrected chi connectivity index (χ3v) is 7.80. The Hall–Kier alpha value is -1.14. The summed E-state index contributed by atoms with van der Waals surface area (Å²) in [6.45, 7) is 7.37. The first-order valence-electron chi connectivity index (χ1n) is 9.74. The van der Waals surface area contributed by atoms with Gasteiger partial charge in [0.05, 0.1) is 5.75 Å². The molecule has 0 bridgehead atoms. The average Bonchev–Trinajstić information content (AvgIpc) is 2.96. The third-order valence-electron chi connectivity index (χ3n) is 5.69. The van der Waals surface area contributed by atoms with Crippen molar-refractivity contribution in [1.82, 2.24) is 14.9 Å². The lowest BCUT2D eigenvalue weighted by molar-refractivity contribution is -0.131. The Labute approximate surface area is 163 Å². The number of thiophene rings is 1. The van der Waals surface area contributed by atoms with Crippen LogP contribution in [-0.2, 0) is 17.6 Å². The molecule has 1 amide bonds. The molecule has 4 nitrogen and oxygen atoms in total. The van der Waals surface area contributed by atoms with Crippen molar-refractivity contribution >= 4 is 39.2 Å². The maximum atomic E-state index is 12.7. The first-order valence-corrected chi connectivity index (χ1v) is 11.5. The first-order chi connectivity index (χ1) is 12.5. The molecule has 1 aliphatic carbocycles. The molecule has 1 saturated heterocycles. The predicted octanol–water partition coefficient (Wildman–Crippen LogP) is 4.62. The summed E-state index contributed by atoms with van der Waals surface area (Å²) in [6, 6.07) is 0.374. The highest BCUT2D eigenvalue weighted by atomic mass is 32.2. The Morgan fingerprint density at radius 2 is 2.12 bits per heavy atom. The molecule has 4 rings (SSSR count). The quantitative estimate of drug-likeness (QED) is 0.568. The molecule has 2 aromatic rings. The van der Waals surface area contributed by atoms with Crippen molar-refractivity contribution in [1.29, 1.82) is 0 Å². The molecule has 2 atom stereocenters. The van der Waals surface area contributed by atoms with Crippen LogP contribution >= 0.6 is 23.1 Å². The number of nitrogens with zero attached hydrogens (tertiary/aromatic N) is 3. The number of aromatic nitrogens is 2. The fourth-order valence-corrected chi connectivity index (χ4v) is 6.68. The molecule has 0 aromatic carbocycles. The van der Waals surface area contributed by atoms with Gasteiger partial charge in [0.25, 0.3) is 0 Å². The van der Waals surface area contributed by atoms with Crippen LogP contribution in [0.15, 0.2) is 5.03 Å². The molecule has 6 heteroatoms. The molecule has 3 heterocycles. The van der Waals surface area contributed by atoms with E-state index in [1.807, 2.05) is 18.3 Å². The van der Waals surface area contributed by atoms with Crippen LogP contribution in [0.3, 0.4) is 0 Å². The fraction of sp³-hybridized carbons (Fsp3) is 0.650. The molecule has 1 fully saturated rings. The number of carbonyl (C=O) groups is 1. The van der Waals surface area contributed by atoms with Gasteiger partial charge in [-0.2, -0.15) is 0 Å². The molecule has 0 unspecified atom stereocenters. The number of piperidine rings is 1. The second-order valence-corrected chi connectivity index (χ2v) is 9.88. The van der Waals surface area contributed by atoms with Crippen molar-refractivity contribution in [2.45, 2.75) is 70.4 Å². The zero-order valence-corrected chi connectivity index (χ0v) is 17.5. The van der Waals surface area contributed by atoms with E-state index >= 15 is 0 Å². The third kappa shape index (κ3) is 3.50. The monoisotopic (exact) mass is 389 g/mol. The summed E-state index contributed by atoms with van der Waals surface area (Å²) in [4.78, 5) is 26.8. The van der Waals surface area contributed by atoms with Crippen molar-refractivity contribution in [2.75, 3.05) is 12.3 Å². The van der Waals surface area contributed by atoms with E-state index in [0.29, 0.717) is 11.8 Å². The highest BCUT2D eigenvalue weighted by Crippen LogP contribution is 2.41. The Bertz CT molecular complexity index is 832. The minimum atomic E-state index is 0.254. The lowest BCUT2D eigenvalue weighted by atomic mass is 9.89. The van der Waals surface area contributed by atoms with Crippen LogP contribution in [0.25, 0.3) is 10.2 Å². The number of thioether (sulfide) groups is 1. The molecule has 140 valence electrons. The van der Waals surface area contributed by atoms with Gasteiger partial charge in [-0.05, 0) is 63.9 Å². The summed E-state index contributed by atoms with van der Waals surface area (Å²) in [5.74, 6) is 2.30. The number of amides is 1. The van der Waals surface area contributed by atoms with Crippen LogP contribution in [0.1, 0.15) is 55.8 Å². The number of hydrogen-bond acceptors (Lipinski definition) is 5. The Morgan fingerprint density at radius 3 is 2.92 bits per heavy atom. The van der Waals surface area contributed by atoms with Crippen LogP contribution in [-0.4, -0.2) is 39.1 Å². The topological polar surface area (TPSA) is 46.1 Å². The number of aryl methyl sites for hydroxylation is 2. The second kappa shape index (κ2) is 7.47. The zero-order chi connectivity index (χ0) is 18.3. The van der Waals surface area contributed by atoms with E-state index < -0.39 is 0 Å². The summed E-state index contributed by atoms with van der Waals surface area (Å²) in [7, 11) is 0. The molecule has 2 aliphatic rings. The summed E-state index contributed by atoms with van der Waals surface area (Å²) in [5.41, 5.74) is 1.45. The summed E-state index contributed by atoms with van der Waals surface area (Å²) in [6.07, 6.45) is 7.01. The predicted molar refractivity (Wildman–Crippen MR) is 109 cm³/mol. The van der Waals surface area contributed by atoms with Gasteiger partial charge in [0.2, 0.25) is 5.91 Å². The van der Waals surface area contributed by atoms with E-state index in [1.165, 1.54) is 28.7 Å². The molecule has 1 aliphatic heterocycles. The fourth-order valence-electron chi connectivity index (χ4n) is 4.20. The van der Waals surface area contributed by atoms with Crippen LogP contribution in [0, 0.1) is 12.8 Å². The van der Waals surface area contributed by atoms with Crippen LogP contribution in [0.4, 0.5) is 0 Å². The van der Waals surface area contributed by atoms with Crippen LogP contribution in [0.2, 0.25) is 0 Å². The molecule has 26 heavy (non-hydrogen) atoms. The van der Waals surface area contributed by atoms with E-state index in [4.69, 9.17) is 9.97 Å². The normalized spacial score (nSPS) is 23.3. The van der Waals surface area contributed by atoms with Gasteiger partial charge in [0, 0.05) is 22.8 Å². The van der Waals surface area contributed by atoms with Gasteiger partial charge in [-0.15, -0.1) is 11.3 Å². The maximum Gasteiger partial charge on any atom is 0.233 e. The molecular formula is C20H27N3OS2. The largest absolute Gasteiger partial charge is 0.339 e. The summed E-state index contributed by atoms with van der Waals surface area (Å²) >= 11 is 3.45. The number of rotatable bonds is 3. The SMILES string of the molecule is Cc1nc(SCC(=O)N2CCCC[C@H]2C)c2c3c(sc2n1)C[C@@H](C)CC3.